The van der Waals surface area contributed by atoms with Crippen molar-refractivity contribution in [3.8, 4) is 5.75 Å². The minimum atomic E-state index is -0.299. The lowest BCUT2D eigenvalue weighted by atomic mass is 10.1. The fraction of sp³-hybridized carbons (Fsp3) is 0.474. The van der Waals surface area contributed by atoms with E-state index in [1.807, 2.05) is 0 Å². The van der Waals surface area contributed by atoms with E-state index in [4.69, 9.17) is 4.74 Å². The summed E-state index contributed by atoms with van der Waals surface area (Å²) in [5, 5.41) is 14.2. The van der Waals surface area contributed by atoms with E-state index < -0.39 is 0 Å². The first-order chi connectivity index (χ1) is 13.7. The lowest BCUT2D eigenvalue weighted by Crippen LogP contribution is -2.29. The molecule has 10 heteroatoms. The van der Waals surface area contributed by atoms with Gasteiger partial charge < -0.3 is 20.1 Å². The zero-order valence-corrected chi connectivity index (χ0v) is 17.1. The Hall–Kier alpha value is -2.65. The number of ether oxygens (including phenoxy) is 2. The standard InChI is InChI=1S/C19H25N5O4.ClH/c1-27-18(25)3-2-12-28-16-6-4-14(5-7-16)21-19(26)17-13-24(23-22-17)15-8-10-20-11-9-15;/h4-7,13,15,20H,2-3,8-12H2,1H3,(H,21,26);1H. The van der Waals surface area contributed by atoms with E-state index in [1.54, 1.807) is 35.1 Å². The van der Waals surface area contributed by atoms with Crippen molar-refractivity contribution in [2.45, 2.75) is 31.7 Å². The van der Waals surface area contributed by atoms with Crippen LogP contribution in [0, 0.1) is 0 Å². The van der Waals surface area contributed by atoms with Gasteiger partial charge in [0.15, 0.2) is 5.69 Å². The van der Waals surface area contributed by atoms with Gasteiger partial charge in [0, 0.05) is 12.1 Å². The van der Waals surface area contributed by atoms with Gasteiger partial charge in [-0.2, -0.15) is 0 Å². The monoisotopic (exact) mass is 423 g/mol. The zero-order valence-electron chi connectivity index (χ0n) is 16.3. The number of esters is 1. The van der Waals surface area contributed by atoms with Crippen LogP contribution in [0.15, 0.2) is 30.5 Å². The van der Waals surface area contributed by atoms with Crippen molar-refractivity contribution in [1.29, 1.82) is 0 Å². The fourth-order valence-corrected chi connectivity index (χ4v) is 2.97. The second-order valence-electron chi connectivity index (χ2n) is 6.57. The molecule has 3 rings (SSSR count). The summed E-state index contributed by atoms with van der Waals surface area (Å²) in [6, 6.07) is 7.32. The molecule has 0 saturated carbocycles. The molecule has 1 aromatic heterocycles. The number of carbonyl (C=O) groups excluding carboxylic acids is 2. The maximum atomic E-state index is 12.4. The van der Waals surface area contributed by atoms with Crippen LogP contribution >= 0.6 is 12.4 Å². The number of piperidine rings is 1. The first-order valence-electron chi connectivity index (χ1n) is 9.39. The maximum absolute atomic E-state index is 12.4. The van der Waals surface area contributed by atoms with E-state index in [0.717, 1.165) is 25.9 Å². The van der Waals surface area contributed by atoms with E-state index in [0.29, 0.717) is 36.6 Å². The summed E-state index contributed by atoms with van der Waals surface area (Å²) in [6.45, 7) is 2.31. The third-order valence-corrected chi connectivity index (χ3v) is 4.56. The summed E-state index contributed by atoms with van der Waals surface area (Å²) in [5.74, 6) is 0.116. The highest BCUT2D eigenvalue weighted by molar-refractivity contribution is 6.02. The van der Waals surface area contributed by atoms with E-state index in [-0.39, 0.29) is 30.3 Å². The van der Waals surface area contributed by atoms with Gasteiger partial charge in [-0.15, -0.1) is 17.5 Å². The van der Waals surface area contributed by atoms with Gasteiger partial charge in [0.1, 0.15) is 5.75 Å². The number of carbonyl (C=O) groups is 2. The molecule has 1 aliphatic heterocycles. The molecule has 0 atom stereocenters. The van der Waals surface area contributed by atoms with Crippen LogP contribution in [0.1, 0.15) is 42.2 Å². The van der Waals surface area contributed by atoms with E-state index in [2.05, 4.69) is 25.7 Å². The zero-order chi connectivity index (χ0) is 19.8. The van der Waals surface area contributed by atoms with Gasteiger partial charge in [0.2, 0.25) is 0 Å². The normalized spacial score (nSPS) is 14.0. The largest absolute Gasteiger partial charge is 0.494 e. The van der Waals surface area contributed by atoms with Crippen molar-refractivity contribution in [1.82, 2.24) is 20.3 Å². The molecule has 0 unspecified atom stereocenters. The molecule has 1 aromatic carbocycles. The molecule has 158 valence electrons. The molecular formula is C19H26ClN5O4. The third-order valence-electron chi connectivity index (χ3n) is 4.56. The van der Waals surface area contributed by atoms with Crippen molar-refractivity contribution in [3.05, 3.63) is 36.2 Å². The molecule has 0 spiro atoms. The summed E-state index contributed by atoms with van der Waals surface area (Å²) >= 11 is 0. The Balaban J connectivity index is 0.00000300. The first kappa shape index (κ1) is 22.6. The summed E-state index contributed by atoms with van der Waals surface area (Å²) < 4.78 is 11.9. The Labute approximate surface area is 175 Å². The SMILES string of the molecule is COC(=O)CCCOc1ccc(NC(=O)c2cn(C3CCNCC3)nn2)cc1.Cl. The number of nitrogens with zero attached hydrogens (tertiary/aromatic N) is 3. The Morgan fingerprint density at radius 3 is 2.66 bits per heavy atom. The van der Waals surface area contributed by atoms with Crippen molar-refractivity contribution in [2.24, 2.45) is 0 Å². The number of aromatic nitrogens is 3. The summed E-state index contributed by atoms with van der Waals surface area (Å²) in [6.07, 6.45) is 4.56. The minimum absolute atomic E-state index is 0. The molecule has 1 fully saturated rings. The highest BCUT2D eigenvalue weighted by atomic mass is 35.5. The molecule has 1 saturated heterocycles. The van der Waals surface area contributed by atoms with Crippen LogP contribution in [-0.2, 0) is 9.53 Å². The van der Waals surface area contributed by atoms with Gasteiger partial charge in [-0.1, -0.05) is 5.21 Å². The third kappa shape index (κ3) is 6.72. The molecule has 1 amide bonds. The molecule has 29 heavy (non-hydrogen) atoms. The van der Waals surface area contributed by atoms with Crippen LogP contribution in [0.25, 0.3) is 0 Å². The quantitative estimate of drug-likeness (QED) is 0.495. The Morgan fingerprint density at radius 1 is 1.24 bits per heavy atom. The van der Waals surface area contributed by atoms with Gasteiger partial charge in [-0.3, -0.25) is 9.59 Å². The molecular weight excluding hydrogens is 398 g/mol. The number of hydrogen-bond acceptors (Lipinski definition) is 7. The smallest absolute Gasteiger partial charge is 0.305 e. The van der Waals surface area contributed by atoms with Gasteiger partial charge in [0.05, 0.1) is 26.0 Å². The minimum Gasteiger partial charge on any atom is -0.494 e. The van der Waals surface area contributed by atoms with E-state index in [9.17, 15) is 9.59 Å². The van der Waals surface area contributed by atoms with Crippen LogP contribution < -0.4 is 15.4 Å². The summed E-state index contributed by atoms with van der Waals surface area (Å²) in [4.78, 5) is 23.4. The predicted octanol–water partition coefficient (Wildman–Crippen LogP) is 2.21. The number of nitrogens with one attached hydrogen (secondary N) is 2. The number of methoxy groups -OCH3 is 1. The average Bonchev–Trinajstić information content (AvgIpc) is 3.23. The molecule has 0 aliphatic carbocycles. The van der Waals surface area contributed by atoms with E-state index in [1.165, 1.54) is 7.11 Å². The number of halogens is 1. The Kier molecular flexibility index (Phi) is 8.88. The van der Waals surface area contributed by atoms with Gasteiger partial charge in [-0.25, -0.2) is 4.68 Å². The second kappa shape index (κ2) is 11.4. The molecule has 2 heterocycles. The van der Waals surface area contributed by atoms with Gasteiger partial charge >= 0.3 is 5.97 Å². The highest BCUT2D eigenvalue weighted by Gasteiger charge is 2.18. The molecule has 1 aliphatic rings. The topological polar surface area (TPSA) is 107 Å². The van der Waals surface area contributed by atoms with Crippen molar-refractivity contribution >= 4 is 30.0 Å². The lowest BCUT2D eigenvalue weighted by Gasteiger charge is -2.22. The van der Waals surface area contributed by atoms with Gasteiger partial charge in [0.25, 0.3) is 5.91 Å². The molecule has 0 radical (unpaired) electrons. The van der Waals surface area contributed by atoms with Gasteiger partial charge in [-0.05, 0) is 56.6 Å². The van der Waals surface area contributed by atoms with Crippen molar-refractivity contribution < 1.29 is 19.1 Å². The number of anilines is 1. The molecule has 2 N–H and O–H groups in total. The average molecular weight is 424 g/mol. The maximum Gasteiger partial charge on any atom is 0.305 e. The number of hydrogen-bond donors (Lipinski definition) is 2. The Morgan fingerprint density at radius 2 is 1.97 bits per heavy atom. The number of benzene rings is 1. The van der Waals surface area contributed by atoms with Crippen LogP contribution in [0.2, 0.25) is 0 Å². The number of rotatable bonds is 8. The van der Waals surface area contributed by atoms with Crippen molar-refractivity contribution in [2.75, 3.05) is 32.1 Å². The fourth-order valence-electron chi connectivity index (χ4n) is 2.97. The summed E-state index contributed by atoms with van der Waals surface area (Å²) in [7, 11) is 1.37. The van der Waals surface area contributed by atoms with Crippen LogP contribution in [0.3, 0.4) is 0 Å². The summed E-state index contributed by atoms with van der Waals surface area (Å²) in [5.41, 5.74) is 0.935. The van der Waals surface area contributed by atoms with Crippen LogP contribution in [0.4, 0.5) is 5.69 Å². The van der Waals surface area contributed by atoms with E-state index >= 15 is 0 Å². The molecule has 2 aromatic rings. The molecule has 9 nitrogen and oxygen atoms in total. The lowest BCUT2D eigenvalue weighted by molar-refractivity contribution is -0.140. The predicted molar refractivity (Wildman–Crippen MR) is 110 cm³/mol. The Bertz CT molecular complexity index is 790. The molecule has 0 bridgehead atoms. The van der Waals surface area contributed by atoms with Crippen LogP contribution in [-0.4, -0.2) is 53.7 Å². The first-order valence-corrected chi connectivity index (χ1v) is 9.39. The van der Waals surface area contributed by atoms with Crippen LogP contribution in [0.5, 0.6) is 5.75 Å². The van der Waals surface area contributed by atoms with Crippen molar-refractivity contribution in [3.63, 3.8) is 0 Å². The second-order valence-corrected chi connectivity index (χ2v) is 6.57. The highest BCUT2D eigenvalue weighted by Crippen LogP contribution is 2.19. The number of amides is 1.